The first-order chi connectivity index (χ1) is 17.3. The molecule has 1 N–H and O–H groups in total. The number of ether oxygens (including phenoxy) is 1. The van der Waals surface area contributed by atoms with Crippen molar-refractivity contribution >= 4 is 33.4 Å². The number of carbonyl (C=O) groups is 3. The highest BCUT2D eigenvalue weighted by Gasteiger charge is 2.50. The van der Waals surface area contributed by atoms with Crippen molar-refractivity contribution in [2.24, 2.45) is 0 Å². The lowest BCUT2D eigenvalue weighted by molar-refractivity contribution is -0.121. The van der Waals surface area contributed by atoms with E-state index in [4.69, 9.17) is 4.74 Å². The van der Waals surface area contributed by atoms with Crippen molar-refractivity contribution in [1.82, 2.24) is 10.3 Å². The first-order valence-electron chi connectivity index (χ1n) is 10.6. The number of nitrogens with one attached hydrogen (secondary N) is 1. The molecule has 1 saturated heterocycles. The van der Waals surface area contributed by atoms with Gasteiger partial charge in [0.1, 0.15) is 11.3 Å². The summed E-state index contributed by atoms with van der Waals surface area (Å²) >= 11 is 0. The summed E-state index contributed by atoms with van der Waals surface area (Å²) in [6.07, 6.45) is 2.52. The number of rotatable bonds is 6. The van der Waals surface area contributed by atoms with Gasteiger partial charge in [0.2, 0.25) is 0 Å². The summed E-state index contributed by atoms with van der Waals surface area (Å²) in [5, 5.41) is 2.53. The van der Waals surface area contributed by atoms with Crippen molar-refractivity contribution in [2.45, 2.75) is 29.3 Å². The number of benzene rings is 2. The van der Waals surface area contributed by atoms with Gasteiger partial charge in [0.05, 0.1) is 16.1 Å². The number of pyridine rings is 1. The molecule has 3 amide bonds. The number of para-hydroxylation sites is 1. The van der Waals surface area contributed by atoms with E-state index in [2.05, 4.69) is 10.3 Å². The summed E-state index contributed by atoms with van der Waals surface area (Å²) in [7, 11) is -5.60. The van der Waals surface area contributed by atoms with Crippen LogP contribution in [0.4, 0.5) is 23.7 Å². The Labute approximate surface area is 208 Å². The van der Waals surface area contributed by atoms with Crippen LogP contribution in [0.25, 0.3) is 0 Å². The Morgan fingerprint density at radius 2 is 1.70 bits per heavy atom. The molecule has 1 aromatic heterocycles. The van der Waals surface area contributed by atoms with Crippen LogP contribution < -0.4 is 15.0 Å². The number of hydrogen-bond donors (Lipinski definition) is 1. The number of urea groups is 1. The molecular weight excluding hydrogens is 515 g/mol. The largest absolute Gasteiger partial charge is 0.501 e. The average Bonchev–Trinajstić information content (AvgIpc) is 3.06. The second-order valence-electron chi connectivity index (χ2n) is 8.26. The summed E-state index contributed by atoms with van der Waals surface area (Å²) in [5.74, 6) is -1.20. The third-order valence-corrected chi connectivity index (χ3v) is 7.10. The summed E-state index contributed by atoms with van der Waals surface area (Å²) in [6.45, 7) is 1.42. The Kier molecular flexibility index (Phi) is 6.50. The molecule has 1 atom stereocenters. The number of imide groups is 1. The summed E-state index contributed by atoms with van der Waals surface area (Å²) in [6, 6.07) is 12.1. The Morgan fingerprint density at radius 3 is 2.32 bits per heavy atom. The van der Waals surface area contributed by atoms with E-state index in [1.807, 2.05) is 0 Å². The van der Waals surface area contributed by atoms with E-state index >= 15 is 0 Å². The molecule has 4 rings (SSSR count). The Morgan fingerprint density at radius 1 is 1.05 bits per heavy atom. The van der Waals surface area contributed by atoms with Crippen LogP contribution in [0.3, 0.4) is 0 Å². The molecular formula is C24H18F3N3O6S. The molecule has 0 bridgehead atoms. The number of aromatic nitrogens is 1. The van der Waals surface area contributed by atoms with Crippen molar-refractivity contribution in [1.29, 1.82) is 0 Å². The zero-order valence-corrected chi connectivity index (χ0v) is 19.8. The molecule has 3 aromatic rings. The number of anilines is 1. The second-order valence-corrected chi connectivity index (χ2v) is 10.2. The predicted molar refractivity (Wildman–Crippen MR) is 123 cm³/mol. The van der Waals surface area contributed by atoms with Gasteiger partial charge in [-0.2, -0.15) is 13.2 Å². The van der Waals surface area contributed by atoms with Crippen molar-refractivity contribution in [3.63, 3.8) is 0 Å². The maximum absolute atomic E-state index is 13.3. The van der Waals surface area contributed by atoms with Crippen LogP contribution in [0.1, 0.15) is 22.8 Å². The van der Waals surface area contributed by atoms with Gasteiger partial charge in [0.25, 0.3) is 15.7 Å². The molecule has 2 heterocycles. The van der Waals surface area contributed by atoms with Gasteiger partial charge in [-0.3, -0.25) is 9.78 Å². The fraction of sp³-hybridized carbons (Fsp3) is 0.167. The standard InChI is InChI=1S/C24H18F3N3O6S/c1-23(13-15-11-12-28-14-19(15)20(31)36-17-5-3-2-4-6-17)21(32)30(22(33)29-23)16-7-9-18(10-8-16)37(34,35)24(25,26)27/h2-12,14H,13H2,1H3,(H,29,33). The fourth-order valence-electron chi connectivity index (χ4n) is 3.74. The maximum atomic E-state index is 13.3. The van der Waals surface area contributed by atoms with E-state index in [-0.39, 0.29) is 17.7 Å². The van der Waals surface area contributed by atoms with Crippen molar-refractivity contribution < 1.29 is 40.7 Å². The van der Waals surface area contributed by atoms with E-state index < -0.39 is 43.7 Å². The number of halogens is 3. The van der Waals surface area contributed by atoms with E-state index in [1.165, 1.54) is 25.4 Å². The molecule has 0 spiro atoms. The normalized spacial score (nSPS) is 18.0. The number of sulfone groups is 1. The zero-order chi connectivity index (χ0) is 27.0. The Hall–Kier alpha value is -4.26. The average molecular weight is 533 g/mol. The molecule has 37 heavy (non-hydrogen) atoms. The van der Waals surface area contributed by atoms with Crippen LogP contribution in [-0.4, -0.2) is 42.4 Å². The Balaban J connectivity index is 1.58. The highest BCUT2D eigenvalue weighted by atomic mass is 32.2. The molecule has 13 heteroatoms. The molecule has 2 aromatic carbocycles. The molecule has 1 unspecified atom stereocenters. The van der Waals surface area contributed by atoms with Crippen LogP contribution in [0, 0.1) is 0 Å². The highest BCUT2D eigenvalue weighted by Crippen LogP contribution is 2.33. The molecule has 0 aliphatic carbocycles. The topological polar surface area (TPSA) is 123 Å². The van der Waals surface area contributed by atoms with Gasteiger partial charge in [-0.05, 0) is 55.0 Å². The quantitative estimate of drug-likeness (QED) is 0.292. The molecule has 192 valence electrons. The first-order valence-corrected chi connectivity index (χ1v) is 12.1. The third kappa shape index (κ3) is 4.89. The number of carbonyl (C=O) groups excluding carboxylic acids is 3. The second kappa shape index (κ2) is 9.32. The number of esters is 1. The van der Waals surface area contributed by atoms with Gasteiger partial charge < -0.3 is 10.1 Å². The minimum absolute atomic E-state index is 0.0646. The van der Waals surface area contributed by atoms with Crippen molar-refractivity contribution in [2.75, 3.05) is 4.90 Å². The van der Waals surface area contributed by atoms with Crippen LogP contribution >= 0.6 is 0 Å². The number of nitrogens with zero attached hydrogens (tertiary/aromatic N) is 2. The number of alkyl halides is 3. The predicted octanol–water partition coefficient (Wildman–Crippen LogP) is 3.65. The third-order valence-electron chi connectivity index (χ3n) is 5.60. The highest BCUT2D eigenvalue weighted by molar-refractivity contribution is 7.92. The summed E-state index contributed by atoms with van der Waals surface area (Å²) in [5.41, 5.74) is -6.77. The minimum atomic E-state index is -5.60. The molecule has 1 aliphatic rings. The molecule has 1 fully saturated rings. The lowest BCUT2D eigenvalue weighted by atomic mass is 9.91. The van der Waals surface area contributed by atoms with E-state index in [1.54, 1.807) is 30.3 Å². The van der Waals surface area contributed by atoms with E-state index in [0.717, 1.165) is 12.1 Å². The van der Waals surface area contributed by atoms with E-state index in [0.29, 0.717) is 28.3 Å². The van der Waals surface area contributed by atoms with Crippen LogP contribution in [-0.2, 0) is 21.1 Å². The van der Waals surface area contributed by atoms with E-state index in [9.17, 15) is 36.0 Å². The lowest BCUT2D eigenvalue weighted by Crippen LogP contribution is -2.46. The molecule has 0 radical (unpaired) electrons. The summed E-state index contributed by atoms with van der Waals surface area (Å²) in [4.78, 5) is 42.3. The van der Waals surface area contributed by atoms with Gasteiger partial charge in [0, 0.05) is 18.8 Å². The SMILES string of the molecule is CC1(Cc2ccncc2C(=O)Oc2ccccc2)NC(=O)N(c2ccc(S(=O)(=O)C(F)(F)F)cc2)C1=O. The maximum Gasteiger partial charge on any atom is 0.501 e. The van der Waals surface area contributed by atoms with Crippen LogP contribution in [0.2, 0.25) is 0 Å². The molecule has 0 saturated carbocycles. The van der Waals surface area contributed by atoms with Gasteiger partial charge in [-0.25, -0.2) is 22.9 Å². The molecule has 1 aliphatic heterocycles. The lowest BCUT2D eigenvalue weighted by Gasteiger charge is -2.23. The first kappa shape index (κ1) is 25.8. The number of hydrogen-bond acceptors (Lipinski definition) is 7. The Bertz CT molecular complexity index is 1480. The summed E-state index contributed by atoms with van der Waals surface area (Å²) < 4.78 is 67.0. The van der Waals surface area contributed by atoms with Gasteiger partial charge >= 0.3 is 17.5 Å². The van der Waals surface area contributed by atoms with Crippen LogP contribution in [0.5, 0.6) is 5.75 Å². The monoisotopic (exact) mass is 533 g/mol. The van der Waals surface area contributed by atoms with Gasteiger partial charge in [-0.1, -0.05) is 18.2 Å². The minimum Gasteiger partial charge on any atom is -0.423 e. The van der Waals surface area contributed by atoms with Crippen LogP contribution in [0.15, 0.2) is 78.0 Å². The van der Waals surface area contributed by atoms with Crippen molar-refractivity contribution in [3.05, 3.63) is 84.2 Å². The van der Waals surface area contributed by atoms with Gasteiger partial charge in [-0.15, -0.1) is 0 Å². The zero-order valence-electron chi connectivity index (χ0n) is 19.0. The smallest absolute Gasteiger partial charge is 0.423 e. The number of amides is 3. The van der Waals surface area contributed by atoms with Crippen molar-refractivity contribution in [3.8, 4) is 5.75 Å². The molecule has 9 nitrogen and oxygen atoms in total. The van der Waals surface area contributed by atoms with Gasteiger partial charge in [0.15, 0.2) is 0 Å². The fourth-order valence-corrected chi connectivity index (χ4v) is 4.50.